The Bertz CT molecular complexity index is 6.00. The molecule has 0 atom stereocenters. The summed E-state index contributed by atoms with van der Waals surface area (Å²) in [6.07, 6.45) is 0. The molecule has 0 radical (unpaired) electrons. The first-order valence-electron chi connectivity index (χ1n) is 0.333. The average molecular weight is 109 g/mol. The zero-order chi connectivity index (χ0) is 2.00. The molecular weight excluding hydrogens is 103 g/mol. The fourth-order valence-electron chi connectivity index (χ4n) is 0. The molecule has 0 amide bonds. The fourth-order valence-corrected chi connectivity index (χ4v) is 0. The molecule has 0 bridgehead atoms. The second-order valence-corrected chi connectivity index (χ2v) is 0. The van der Waals surface area contributed by atoms with Gasteiger partial charge in [-0.2, -0.15) is 0 Å². The van der Waals surface area contributed by atoms with Gasteiger partial charge in [0.25, 0.3) is 0 Å². The first kappa shape index (κ1) is 26.4. The molecule has 0 fully saturated rings. The molecule has 32 valence electrons. The van der Waals surface area contributed by atoms with Gasteiger partial charge in [0.05, 0.1) is 0 Å². The molecule has 0 heterocycles. The summed E-state index contributed by atoms with van der Waals surface area (Å²) in [5.74, 6) is 8.00. The van der Waals surface area contributed by atoms with Crippen molar-refractivity contribution in [3.8, 4) is 0 Å². The largest absolute Gasteiger partial charge is 0.412 e. The Labute approximate surface area is 34.6 Å². The maximum Gasteiger partial charge on any atom is 0 e. The van der Waals surface area contributed by atoms with Gasteiger partial charge >= 0.3 is 0 Å². The monoisotopic (exact) mass is 108 g/mol. The molecule has 0 saturated carbocycles. The minimum absolute atomic E-state index is 0. The summed E-state index contributed by atoms with van der Waals surface area (Å²) in [4.78, 5) is 0. The maximum absolute atomic E-state index is 4.00. The predicted octanol–water partition coefficient (Wildman–Crippen LogP) is -2.01. The number of hydrogen-bond donors (Lipinski definition) is 2. The number of hydrogen-bond acceptors (Lipinski definition) is 2. The van der Waals surface area contributed by atoms with Crippen molar-refractivity contribution in [3.05, 3.63) is 0 Å². The molecule has 0 aliphatic rings. The van der Waals surface area contributed by atoms with Crippen LogP contribution >= 0.6 is 0 Å². The van der Waals surface area contributed by atoms with E-state index in [-0.39, 0.29) is 22.0 Å². The van der Waals surface area contributed by atoms with Crippen LogP contribution in [-0.2, 0) is 16.5 Å². The van der Waals surface area contributed by atoms with E-state index < -0.39 is 0 Å². The van der Waals surface area contributed by atoms with Crippen LogP contribution in [0, 0.1) is 0 Å². The van der Waals surface area contributed by atoms with E-state index in [1.165, 1.54) is 0 Å². The van der Waals surface area contributed by atoms with Crippen LogP contribution in [0.15, 0.2) is 0 Å². The van der Waals surface area contributed by atoms with Crippen molar-refractivity contribution in [2.45, 2.75) is 0 Å². The molecule has 0 aliphatic heterocycles. The third kappa shape index (κ3) is 32.1. The molecule has 4 heavy (non-hydrogen) atoms. The summed E-state index contributed by atoms with van der Waals surface area (Å²) < 4.78 is 0. The van der Waals surface area contributed by atoms with Crippen molar-refractivity contribution < 1.29 is 22.0 Å². The Hall–Kier alpha value is 0.374. The SMILES string of the molecule is NN.O.[Ni]. The van der Waals surface area contributed by atoms with Crippen LogP contribution in [0.3, 0.4) is 0 Å². The van der Waals surface area contributed by atoms with Crippen LogP contribution in [0.25, 0.3) is 0 Å². The molecular formula is H6N2NiO. The molecule has 0 aromatic rings. The molecule has 0 rings (SSSR count). The van der Waals surface area contributed by atoms with Gasteiger partial charge in [0.1, 0.15) is 0 Å². The number of rotatable bonds is 0. The first-order valence-corrected chi connectivity index (χ1v) is 0.333. The van der Waals surface area contributed by atoms with E-state index in [2.05, 4.69) is 11.7 Å². The van der Waals surface area contributed by atoms with Crippen LogP contribution in [0.1, 0.15) is 0 Å². The summed E-state index contributed by atoms with van der Waals surface area (Å²) in [5.41, 5.74) is 0. The van der Waals surface area contributed by atoms with Gasteiger partial charge in [-0.05, 0) is 0 Å². The molecule has 0 unspecified atom stereocenters. The number of hydrazine groups is 1. The van der Waals surface area contributed by atoms with E-state index in [1.807, 2.05) is 0 Å². The van der Waals surface area contributed by atoms with Crippen LogP contribution in [0.2, 0.25) is 0 Å². The summed E-state index contributed by atoms with van der Waals surface area (Å²) >= 11 is 0. The summed E-state index contributed by atoms with van der Waals surface area (Å²) in [5, 5.41) is 0. The Morgan fingerprint density at radius 3 is 1.00 bits per heavy atom. The summed E-state index contributed by atoms with van der Waals surface area (Å²) in [7, 11) is 0. The van der Waals surface area contributed by atoms with Gasteiger partial charge in [-0.3, -0.25) is 11.7 Å². The van der Waals surface area contributed by atoms with Crippen molar-refractivity contribution in [3.63, 3.8) is 0 Å². The van der Waals surface area contributed by atoms with Gasteiger partial charge in [0.2, 0.25) is 0 Å². The quantitative estimate of drug-likeness (QED) is 0.214. The molecule has 0 spiro atoms. The Morgan fingerprint density at radius 1 is 1.00 bits per heavy atom. The third-order valence-electron chi connectivity index (χ3n) is 0. The zero-order valence-electron chi connectivity index (χ0n) is 1.97. The van der Waals surface area contributed by atoms with E-state index >= 15 is 0 Å². The van der Waals surface area contributed by atoms with Crippen LogP contribution in [0.5, 0.6) is 0 Å². The van der Waals surface area contributed by atoms with Gasteiger partial charge in [-0.25, -0.2) is 0 Å². The summed E-state index contributed by atoms with van der Waals surface area (Å²) in [6, 6.07) is 0. The minimum atomic E-state index is 0. The van der Waals surface area contributed by atoms with Gasteiger partial charge in [-0.1, -0.05) is 0 Å². The van der Waals surface area contributed by atoms with E-state index in [1.54, 1.807) is 0 Å². The normalized spacial score (nSPS) is 1.50. The third-order valence-corrected chi connectivity index (χ3v) is 0. The average Bonchev–Trinajstić information content (AvgIpc) is 1.00. The van der Waals surface area contributed by atoms with Crippen molar-refractivity contribution >= 4 is 0 Å². The smallest absolute Gasteiger partial charge is 0 e. The molecule has 3 nitrogen and oxygen atoms in total. The van der Waals surface area contributed by atoms with Crippen LogP contribution in [-0.4, -0.2) is 5.48 Å². The van der Waals surface area contributed by atoms with Crippen LogP contribution < -0.4 is 11.7 Å². The van der Waals surface area contributed by atoms with E-state index in [0.29, 0.717) is 0 Å². The molecule has 0 aromatic carbocycles. The predicted molar refractivity (Wildman–Crippen MR) is 12.0 cm³/mol. The molecule has 0 aliphatic carbocycles. The first-order chi connectivity index (χ1) is 1.00. The van der Waals surface area contributed by atoms with Crippen LogP contribution in [0.4, 0.5) is 0 Å². The molecule has 6 N–H and O–H groups in total. The van der Waals surface area contributed by atoms with Crippen molar-refractivity contribution in [1.82, 2.24) is 0 Å². The maximum atomic E-state index is 4.00. The van der Waals surface area contributed by atoms with Gasteiger partial charge in [0.15, 0.2) is 0 Å². The second kappa shape index (κ2) is 136. The topological polar surface area (TPSA) is 83.5 Å². The summed E-state index contributed by atoms with van der Waals surface area (Å²) in [6.45, 7) is 0. The Morgan fingerprint density at radius 2 is 1.00 bits per heavy atom. The fraction of sp³-hybridized carbons (Fsp3) is 0. The van der Waals surface area contributed by atoms with Gasteiger partial charge < -0.3 is 5.48 Å². The van der Waals surface area contributed by atoms with Gasteiger partial charge in [0, 0.05) is 16.5 Å². The molecule has 0 aromatic heterocycles. The van der Waals surface area contributed by atoms with Crippen molar-refractivity contribution in [2.75, 3.05) is 0 Å². The Kier molecular flexibility index (Phi) is 899. The Balaban J connectivity index is -0.00000000500. The molecule has 4 heteroatoms. The second-order valence-electron chi connectivity index (χ2n) is 0. The standard InChI is InChI=1S/H4N2.Ni.H2O/c1-2;;/h1-2H2;;1H2. The van der Waals surface area contributed by atoms with Gasteiger partial charge in [-0.15, -0.1) is 0 Å². The minimum Gasteiger partial charge on any atom is -0.412 e. The van der Waals surface area contributed by atoms with Crippen molar-refractivity contribution in [2.24, 2.45) is 11.7 Å². The number of nitrogens with two attached hydrogens (primary N) is 2. The zero-order valence-corrected chi connectivity index (χ0v) is 2.96. The van der Waals surface area contributed by atoms with E-state index in [0.717, 1.165) is 0 Å². The van der Waals surface area contributed by atoms with E-state index in [9.17, 15) is 0 Å². The van der Waals surface area contributed by atoms with Crippen molar-refractivity contribution in [1.29, 1.82) is 0 Å². The van der Waals surface area contributed by atoms with E-state index in [4.69, 9.17) is 0 Å². The molecule has 0 saturated heterocycles.